The number of benzene rings is 1. The van der Waals surface area contributed by atoms with E-state index in [4.69, 9.17) is 0 Å². The molecule has 0 aliphatic heterocycles. The zero-order chi connectivity index (χ0) is 14.7. The molecule has 1 amide bonds. The standard InChI is InChI=1S/C14H14FNO3S/c1-8-10-7-9(15)3-4-11(10)20-13(8)14(18)16-6-5-12(17)19-2/h3-4,7H,5-6H2,1-2H3,(H,16,18). The van der Waals surface area contributed by atoms with Gasteiger partial charge in [-0.25, -0.2) is 4.39 Å². The Morgan fingerprint density at radius 1 is 1.40 bits per heavy atom. The van der Waals surface area contributed by atoms with Gasteiger partial charge in [0.25, 0.3) is 5.91 Å². The third-order valence-electron chi connectivity index (χ3n) is 2.95. The number of esters is 1. The van der Waals surface area contributed by atoms with Crippen LogP contribution in [0.4, 0.5) is 4.39 Å². The first-order chi connectivity index (χ1) is 9.52. The van der Waals surface area contributed by atoms with Crippen molar-refractivity contribution in [2.45, 2.75) is 13.3 Å². The van der Waals surface area contributed by atoms with Crippen molar-refractivity contribution >= 4 is 33.3 Å². The minimum atomic E-state index is -0.375. The Hall–Kier alpha value is -1.95. The van der Waals surface area contributed by atoms with Gasteiger partial charge >= 0.3 is 5.97 Å². The second kappa shape index (κ2) is 6.00. The number of methoxy groups -OCH3 is 1. The SMILES string of the molecule is COC(=O)CCNC(=O)c1sc2ccc(F)cc2c1C. The molecule has 0 bridgehead atoms. The summed E-state index contributed by atoms with van der Waals surface area (Å²) in [6.07, 6.45) is 0.126. The minimum Gasteiger partial charge on any atom is -0.469 e. The molecular weight excluding hydrogens is 281 g/mol. The van der Waals surface area contributed by atoms with Crippen LogP contribution in [0.5, 0.6) is 0 Å². The first kappa shape index (κ1) is 14.5. The molecule has 0 aliphatic rings. The second-order valence-corrected chi connectivity index (χ2v) is 5.33. The van der Waals surface area contributed by atoms with Gasteiger partial charge in [-0.15, -0.1) is 11.3 Å². The van der Waals surface area contributed by atoms with E-state index in [9.17, 15) is 14.0 Å². The average molecular weight is 295 g/mol. The minimum absolute atomic E-state index is 0.126. The van der Waals surface area contributed by atoms with Gasteiger partial charge in [-0.2, -0.15) is 0 Å². The van der Waals surface area contributed by atoms with Crippen molar-refractivity contribution < 1.29 is 18.7 Å². The van der Waals surface area contributed by atoms with E-state index in [2.05, 4.69) is 10.1 Å². The first-order valence-corrected chi connectivity index (χ1v) is 6.88. The third kappa shape index (κ3) is 2.96. The van der Waals surface area contributed by atoms with Gasteiger partial charge in [-0.3, -0.25) is 9.59 Å². The Bertz CT molecular complexity index is 666. The summed E-state index contributed by atoms with van der Waals surface area (Å²) in [7, 11) is 1.30. The van der Waals surface area contributed by atoms with Crippen molar-refractivity contribution in [3.63, 3.8) is 0 Å². The highest BCUT2D eigenvalue weighted by Crippen LogP contribution is 2.31. The largest absolute Gasteiger partial charge is 0.469 e. The average Bonchev–Trinajstić information content (AvgIpc) is 2.75. The number of thiophene rings is 1. The lowest BCUT2D eigenvalue weighted by molar-refractivity contribution is -0.140. The maximum absolute atomic E-state index is 13.2. The number of fused-ring (bicyclic) bond motifs is 1. The van der Waals surface area contributed by atoms with Gasteiger partial charge in [-0.1, -0.05) is 0 Å². The molecule has 0 saturated heterocycles. The molecule has 6 heteroatoms. The van der Waals surface area contributed by atoms with Crippen LogP contribution in [-0.4, -0.2) is 25.5 Å². The Morgan fingerprint density at radius 3 is 2.85 bits per heavy atom. The summed E-state index contributed by atoms with van der Waals surface area (Å²) in [5, 5.41) is 3.40. The van der Waals surface area contributed by atoms with E-state index in [0.717, 1.165) is 15.6 Å². The summed E-state index contributed by atoms with van der Waals surface area (Å²) >= 11 is 1.31. The zero-order valence-electron chi connectivity index (χ0n) is 11.2. The number of nitrogens with one attached hydrogen (secondary N) is 1. The molecule has 1 aromatic carbocycles. The Labute approximate surface area is 119 Å². The molecule has 4 nitrogen and oxygen atoms in total. The molecular formula is C14H14FNO3S. The highest BCUT2D eigenvalue weighted by Gasteiger charge is 2.15. The molecule has 0 fully saturated rings. The Morgan fingerprint density at radius 2 is 2.15 bits per heavy atom. The van der Waals surface area contributed by atoms with E-state index in [-0.39, 0.29) is 30.7 Å². The number of amides is 1. The molecule has 0 atom stereocenters. The first-order valence-electron chi connectivity index (χ1n) is 6.06. The van der Waals surface area contributed by atoms with Crippen LogP contribution >= 0.6 is 11.3 Å². The van der Waals surface area contributed by atoms with Crippen LogP contribution in [0.3, 0.4) is 0 Å². The van der Waals surface area contributed by atoms with Crippen LogP contribution in [-0.2, 0) is 9.53 Å². The molecule has 0 spiro atoms. The molecule has 0 saturated carbocycles. The zero-order valence-corrected chi connectivity index (χ0v) is 12.0. The Kier molecular flexibility index (Phi) is 4.34. The number of halogens is 1. The fourth-order valence-corrected chi connectivity index (χ4v) is 2.98. The van der Waals surface area contributed by atoms with E-state index in [1.54, 1.807) is 13.0 Å². The van der Waals surface area contributed by atoms with Crippen molar-refractivity contribution in [3.8, 4) is 0 Å². The quantitative estimate of drug-likeness (QED) is 0.882. The molecule has 1 N–H and O–H groups in total. The topological polar surface area (TPSA) is 55.4 Å². The normalized spacial score (nSPS) is 10.6. The smallest absolute Gasteiger partial charge is 0.307 e. The monoisotopic (exact) mass is 295 g/mol. The summed E-state index contributed by atoms with van der Waals surface area (Å²) in [4.78, 5) is 23.5. The molecule has 1 aromatic heterocycles. The van der Waals surface area contributed by atoms with Crippen LogP contribution in [0.15, 0.2) is 18.2 Å². The van der Waals surface area contributed by atoms with E-state index in [1.807, 2.05) is 0 Å². The third-order valence-corrected chi connectivity index (χ3v) is 4.22. The number of carbonyl (C=O) groups excluding carboxylic acids is 2. The highest BCUT2D eigenvalue weighted by molar-refractivity contribution is 7.21. The summed E-state index contributed by atoms with van der Waals surface area (Å²) in [6.45, 7) is 2.00. The maximum atomic E-state index is 13.2. The van der Waals surface area contributed by atoms with Gasteiger partial charge < -0.3 is 10.1 Å². The van der Waals surface area contributed by atoms with Crippen molar-refractivity contribution in [2.75, 3.05) is 13.7 Å². The van der Waals surface area contributed by atoms with Gasteiger partial charge in [-0.05, 0) is 36.1 Å². The molecule has 106 valence electrons. The van der Waals surface area contributed by atoms with Gasteiger partial charge in [0, 0.05) is 11.2 Å². The predicted molar refractivity (Wildman–Crippen MR) is 75.5 cm³/mol. The van der Waals surface area contributed by atoms with Crippen molar-refractivity contribution in [1.82, 2.24) is 5.32 Å². The lowest BCUT2D eigenvalue weighted by atomic mass is 10.1. The number of rotatable bonds is 4. The van der Waals surface area contributed by atoms with E-state index < -0.39 is 0 Å². The maximum Gasteiger partial charge on any atom is 0.307 e. The number of hydrogen-bond acceptors (Lipinski definition) is 4. The molecule has 0 radical (unpaired) electrons. The Balaban J connectivity index is 2.14. The van der Waals surface area contributed by atoms with Crippen LogP contribution in [0, 0.1) is 12.7 Å². The van der Waals surface area contributed by atoms with E-state index in [1.165, 1.54) is 30.6 Å². The summed E-state index contributed by atoms with van der Waals surface area (Å²) < 4.78 is 18.6. The second-order valence-electron chi connectivity index (χ2n) is 4.28. The summed E-state index contributed by atoms with van der Waals surface area (Å²) in [6, 6.07) is 4.46. The fraction of sp³-hybridized carbons (Fsp3) is 0.286. The highest BCUT2D eigenvalue weighted by atomic mass is 32.1. The van der Waals surface area contributed by atoms with Crippen LogP contribution in [0.1, 0.15) is 21.7 Å². The van der Waals surface area contributed by atoms with Gasteiger partial charge in [0.05, 0.1) is 18.4 Å². The molecule has 20 heavy (non-hydrogen) atoms. The fourth-order valence-electron chi connectivity index (χ4n) is 1.87. The number of ether oxygens (including phenoxy) is 1. The van der Waals surface area contributed by atoms with Crippen LogP contribution < -0.4 is 5.32 Å². The lowest BCUT2D eigenvalue weighted by Gasteiger charge is -2.03. The number of hydrogen-bond donors (Lipinski definition) is 1. The molecule has 1 heterocycles. The van der Waals surface area contributed by atoms with Crippen molar-refractivity contribution in [1.29, 1.82) is 0 Å². The molecule has 0 aliphatic carbocycles. The van der Waals surface area contributed by atoms with E-state index in [0.29, 0.717) is 4.88 Å². The van der Waals surface area contributed by atoms with Gasteiger partial charge in [0.1, 0.15) is 5.82 Å². The van der Waals surface area contributed by atoms with Crippen molar-refractivity contribution in [2.24, 2.45) is 0 Å². The van der Waals surface area contributed by atoms with Crippen LogP contribution in [0.25, 0.3) is 10.1 Å². The van der Waals surface area contributed by atoms with Crippen LogP contribution in [0.2, 0.25) is 0 Å². The molecule has 0 unspecified atom stereocenters. The molecule has 2 rings (SSSR count). The number of carbonyl (C=O) groups is 2. The van der Waals surface area contributed by atoms with E-state index >= 15 is 0 Å². The lowest BCUT2D eigenvalue weighted by Crippen LogP contribution is -2.26. The van der Waals surface area contributed by atoms with Crippen molar-refractivity contribution in [3.05, 3.63) is 34.5 Å². The number of aryl methyl sites for hydroxylation is 1. The van der Waals surface area contributed by atoms with Gasteiger partial charge in [0.15, 0.2) is 0 Å². The summed E-state index contributed by atoms with van der Waals surface area (Å²) in [5.74, 6) is -0.954. The summed E-state index contributed by atoms with van der Waals surface area (Å²) in [5.41, 5.74) is 0.750. The predicted octanol–water partition coefficient (Wildman–Crippen LogP) is 2.64. The molecule has 2 aromatic rings. The van der Waals surface area contributed by atoms with Gasteiger partial charge in [0.2, 0.25) is 0 Å².